The fourth-order valence-electron chi connectivity index (χ4n) is 5.66. The standard InChI is InChI=1S/C34H42FN3O5S/c1-43-30-21-19-29(20-22-30)38(44(2,41)42)23-11-18-33(39)37(25-27-14-9-10-17-31(27)35)32(24-26-12-5-3-6-13-26)34(40)36-28-15-7-4-8-16-28/h3,5-6,9-10,12-14,17,19-22,28,32H,4,7-8,11,15-16,18,23-25H2,1-2H3,(H,36,40)/t32-/m1/s1. The van der Waals surface area contributed by atoms with Crippen molar-refractivity contribution >= 4 is 27.5 Å². The minimum Gasteiger partial charge on any atom is -0.497 e. The van der Waals surface area contributed by atoms with Crippen LogP contribution in [0.3, 0.4) is 0 Å². The molecule has 1 N–H and O–H groups in total. The monoisotopic (exact) mass is 623 g/mol. The van der Waals surface area contributed by atoms with Crippen LogP contribution in [0.4, 0.5) is 10.1 Å². The van der Waals surface area contributed by atoms with Gasteiger partial charge in [-0.1, -0.05) is 67.8 Å². The van der Waals surface area contributed by atoms with Gasteiger partial charge in [-0.25, -0.2) is 12.8 Å². The second-order valence-corrected chi connectivity index (χ2v) is 13.2. The topological polar surface area (TPSA) is 96.0 Å². The minimum atomic E-state index is -3.64. The maximum Gasteiger partial charge on any atom is 0.243 e. The van der Waals surface area contributed by atoms with Crippen LogP contribution in [0.5, 0.6) is 5.75 Å². The molecule has 0 unspecified atom stereocenters. The Balaban J connectivity index is 1.58. The molecule has 0 aliphatic heterocycles. The smallest absolute Gasteiger partial charge is 0.243 e. The maximum atomic E-state index is 14.9. The first-order valence-corrected chi connectivity index (χ1v) is 17.0. The largest absolute Gasteiger partial charge is 0.497 e. The van der Waals surface area contributed by atoms with Gasteiger partial charge < -0.3 is 15.0 Å². The predicted octanol–water partition coefficient (Wildman–Crippen LogP) is 5.47. The highest BCUT2D eigenvalue weighted by Crippen LogP contribution is 2.24. The van der Waals surface area contributed by atoms with E-state index in [2.05, 4.69) is 5.32 Å². The van der Waals surface area contributed by atoms with Crippen LogP contribution in [0.15, 0.2) is 78.9 Å². The summed E-state index contributed by atoms with van der Waals surface area (Å²) in [6.07, 6.45) is 6.55. The number of methoxy groups -OCH3 is 1. The van der Waals surface area contributed by atoms with Gasteiger partial charge in [0.25, 0.3) is 0 Å². The highest BCUT2D eigenvalue weighted by Gasteiger charge is 2.32. The van der Waals surface area contributed by atoms with Crippen LogP contribution in [0.1, 0.15) is 56.1 Å². The highest BCUT2D eigenvalue weighted by molar-refractivity contribution is 7.92. The number of hydrogen-bond donors (Lipinski definition) is 1. The quantitative estimate of drug-likeness (QED) is 0.257. The molecule has 1 aliphatic rings. The summed E-state index contributed by atoms with van der Waals surface area (Å²) in [5, 5.41) is 3.18. The lowest BCUT2D eigenvalue weighted by atomic mass is 9.94. The van der Waals surface area contributed by atoms with Crippen molar-refractivity contribution in [3.8, 4) is 5.75 Å². The molecule has 0 bridgehead atoms. The van der Waals surface area contributed by atoms with Gasteiger partial charge in [0.15, 0.2) is 0 Å². The molecule has 1 atom stereocenters. The number of carbonyl (C=O) groups is 2. The Morgan fingerprint density at radius 1 is 0.955 bits per heavy atom. The fourth-order valence-corrected chi connectivity index (χ4v) is 6.63. The summed E-state index contributed by atoms with van der Waals surface area (Å²) in [5.74, 6) is -0.478. The summed E-state index contributed by atoms with van der Waals surface area (Å²) >= 11 is 0. The Labute approximate surface area is 260 Å². The molecule has 3 aromatic carbocycles. The van der Waals surface area contributed by atoms with Crippen LogP contribution in [0, 0.1) is 5.82 Å². The number of carbonyl (C=O) groups excluding carboxylic acids is 2. The van der Waals surface area contributed by atoms with Crippen LogP contribution in [-0.4, -0.2) is 57.1 Å². The zero-order valence-corrected chi connectivity index (χ0v) is 26.3. The van der Waals surface area contributed by atoms with E-state index in [0.717, 1.165) is 43.9 Å². The first kappa shape index (κ1) is 33.0. The third-order valence-corrected chi connectivity index (χ3v) is 9.23. The lowest BCUT2D eigenvalue weighted by Crippen LogP contribution is -2.53. The molecule has 0 aromatic heterocycles. The number of benzene rings is 3. The van der Waals surface area contributed by atoms with E-state index in [1.165, 1.54) is 22.4 Å². The maximum absolute atomic E-state index is 14.9. The van der Waals surface area contributed by atoms with Crippen molar-refractivity contribution in [3.63, 3.8) is 0 Å². The molecule has 1 aliphatic carbocycles. The summed E-state index contributed by atoms with van der Waals surface area (Å²) in [5.41, 5.74) is 1.64. The molecule has 3 aromatic rings. The zero-order chi connectivity index (χ0) is 31.5. The SMILES string of the molecule is COc1ccc(N(CCCC(=O)N(Cc2ccccc2F)[C@H](Cc2ccccc2)C(=O)NC2CCCCC2)S(C)(=O)=O)cc1. The van der Waals surface area contributed by atoms with Gasteiger partial charge in [-0.15, -0.1) is 0 Å². The molecule has 4 rings (SSSR count). The van der Waals surface area contributed by atoms with Gasteiger partial charge >= 0.3 is 0 Å². The van der Waals surface area contributed by atoms with Gasteiger partial charge in [0.1, 0.15) is 17.6 Å². The van der Waals surface area contributed by atoms with Gasteiger partial charge in [-0.05, 0) is 55.2 Å². The molecule has 10 heteroatoms. The van der Waals surface area contributed by atoms with Crippen molar-refractivity contribution < 1.29 is 27.1 Å². The molecule has 0 spiro atoms. The van der Waals surface area contributed by atoms with E-state index in [1.54, 1.807) is 42.5 Å². The van der Waals surface area contributed by atoms with Crippen molar-refractivity contribution in [1.29, 1.82) is 0 Å². The number of anilines is 1. The molecule has 0 radical (unpaired) electrons. The Hall–Kier alpha value is -3.92. The normalized spacial score (nSPS) is 14.4. The summed E-state index contributed by atoms with van der Waals surface area (Å²) in [7, 11) is -2.11. The van der Waals surface area contributed by atoms with E-state index in [4.69, 9.17) is 4.74 Å². The molecular weight excluding hydrogens is 581 g/mol. The lowest BCUT2D eigenvalue weighted by molar-refractivity contribution is -0.141. The van der Waals surface area contributed by atoms with Gasteiger partial charge in [0.05, 0.1) is 19.1 Å². The number of rotatable bonds is 14. The van der Waals surface area contributed by atoms with E-state index in [1.807, 2.05) is 30.3 Å². The second-order valence-electron chi connectivity index (χ2n) is 11.3. The third-order valence-electron chi connectivity index (χ3n) is 8.03. The number of nitrogens with zero attached hydrogens (tertiary/aromatic N) is 2. The van der Waals surface area contributed by atoms with Gasteiger partial charge in [-0.2, -0.15) is 0 Å². The van der Waals surface area contributed by atoms with E-state index in [-0.39, 0.29) is 50.2 Å². The summed E-state index contributed by atoms with van der Waals surface area (Å²) in [4.78, 5) is 29.3. The highest BCUT2D eigenvalue weighted by atomic mass is 32.2. The number of amides is 2. The van der Waals surface area contributed by atoms with Crippen LogP contribution in [-0.2, 0) is 32.6 Å². The van der Waals surface area contributed by atoms with Crippen LogP contribution in [0.2, 0.25) is 0 Å². The lowest BCUT2D eigenvalue weighted by Gasteiger charge is -2.34. The Morgan fingerprint density at radius 2 is 1.61 bits per heavy atom. The average Bonchev–Trinajstić information content (AvgIpc) is 3.02. The predicted molar refractivity (Wildman–Crippen MR) is 170 cm³/mol. The van der Waals surface area contributed by atoms with Crippen molar-refractivity contribution in [2.45, 2.75) is 70.0 Å². The van der Waals surface area contributed by atoms with Crippen LogP contribution in [0.25, 0.3) is 0 Å². The fraction of sp³-hybridized carbons (Fsp3) is 0.412. The van der Waals surface area contributed by atoms with Crippen LogP contribution >= 0.6 is 0 Å². The number of hydrogen-bond acceptors (Lipinski definition) is 5. The molecule has 0 heterocycles. The van der Waals surface area contributed by atoms with Crippen molar-refractivity contribution in [2.24, 2.45) is 0 Å². The van der Waals surface area contributed by atoms with E-state index in [0.29, 0.717) is 17.0 Å². The number of halogens is 1. The first-order valence-electron chi connectivity index (χ1n) is 15.1. The third kappa shape index (κ3) is 9.29. The Kier molecular flexibility index (Phi) is 11.8. The zero-order valence-electron chi connectivity index (χ0n) is 25.5. The van der Waals surface area contributed by atoms with E-state index in [9.17, 15) is 22.4 Å². The second kappa shape index (κ2) is 15.7. The number of ether oxygens (including phenoxy) is 1. The Morgan fingerprint density at radius 3 is 2.25 bits per heavy atom. The molecule has 0 saturated heterocycles. The molecule has 2 amide bonds. The van der Waals surface area contributed by atoms with Gasteiger partial charge in [0, 0.05) is 37.5 Å². The average molecular weight is 624 g/mol. The molecule has 8 nitrogen and oxygen atoms in total. The number of sulfonamides is 1. The van der Waals surface area contributed by atoms with Crippen molar-refractivity contribution in [2.75, 3.05) is 24.2 Å². The summed E-state index contributed by atoms with van der Waals surface area (Å²) < 4.78 is 46.7. The molecule has 1 saturated carbocycles. The molecule has 236 valence electrons. The Bertz CT molecular complexity index is 1480. The minimum absolute atomic E-state index is 0.0291. The van der Waals surface area contributed by atoms with Gasteiger partial charge in [0.2, 0.25) is 21.8 Å². The molecule has 1 fully saturated rings. The van der Waals surface area contributed by atoms with E-state index >= 15 is 0 Å². The van der Waals surface area contributed by atoms with Crippen molar-refractivity contribution in [1.82, 2.24) is 10.2 Å². The van der Waals surface area contributed by atoms with Crippen molar-refractivity contribution in [3.05, 3.63) is 95.8 Å². The summed E-state index contributed by atoms with van der Waals surface area (Å²) in [6, 6.07) is 21.5. The number of nitrogens with one attached hydrogen (secondary N) is 1. The first-order chi connectivity index (χ1) is 21.2. The van der Waals surface area contributed by atoms with Gasteiger partial charge in [-0.3, -0.25) is 13.9 Å². The van der Waals surface area contributed by atoms with Crippen LogP contribution < -0.4 is 14.4 Å². The van der Waals surface area contributed by atoms with E-state index < -0.39 is 21.9 Å². The summed E-state index contributed by atoms with van der Waals surface area (Å²) in [6.45, 7) is -0.0303. The molecule has 44 heavy (non-hydrogen) atoms. The molecular formula is C34H42FN3O5S.